The van der Waals surface area contributed by atoms with Crippen molar-refractivity contribution < 1.29 is 13.2 Å². The number of carbonyl (C=O) groups is 1. The highest BCUT2D eigenvalue weighted by Crippen LogP contribution is 2.38. The molecule has 1 N–H and O–H groups in total. The van der Waals surface area contributed by atoms with Gasteiger partial charge in [0.2, 0.25) is 0 Å². The van der Waals surface area contributed by atoms with Crippen LogP contribution in [0, 0.1) is 5.92 Å². The quantitative estimate of drug-likeness (QED) is 0.552. The van der Waals surface area contributed by atoms with E-state index in [0.29, 0.717) is 17.6 Å². The lowest BCUT2D eigenvalue weighted by molar-refractivity contribution is 0.0981. The molecule has 0 radical (unpaired) electrons. The van der Waals surface area contributed by atoms with Crippen LogP contribution in [0.3, 0.4) is 0 Å². The summed E-state index contributed by atoms with van der Waals surface area (Å²) in [5, 5.41) is -0.197. The van der Waals surface area contributed by atoms with Crippen LogP contribution < -0.4 is 14.5 Å². The predicted molar refractivity (Wildman–Crippen MR) is 140 cm³/mol. The molecular weight excluding hydrogens is 474 g/mol. The topological polar surface area (TPSA) is 95.5 Å². The van der Waals surface area contributed by atoms with Gasteiger partial charge in [0.15, 0.2) is 5.03 Å². The Bertz CT molecular complexity index is 1410. The zero-order valence-electron chi connectivity index (χ0n) is 20.8. The van der Waals surface area contributed by atoms with Crippen LogP contribution in [-0.4, -0.2) is 42.9 Å². The van der Waals surface area contributed by atoms with E-state index in [1.54, 1.807) is 30.5 Å². The minimum absolute atomic E-state index is 0.197. The summed E-state index contributed by atoms with van der Waals surface area (Å²) < 4.78 is 28.7. The van der Waals surface area contributed by atoms with Crippen molar-refractivity contribution in [3.05, 3.63) is 71.9 Å². The van der Waals surface area contributed by atoms with E-state index in [2.05, 4.69) is 46.4 Å². The van der Waals surface area contributed by atoms with E-state index < -0.39 is 15.9 Å². The number of para-hydroxylation sites is 1. The number of nitrogens with zero attached hydrogens (tertiary/aromatic N) is 4. The molecular formula is C27H31N5O3S. The average molecular weight is 506 g/mol. The first kappa shape index (κ1) is 24.2. The van der Waals surface area contributed by atoms with Gasteiger partial charge in [0.05, 0.1) is 5.56 Å². The van der Waals surface area contributed by atoms with Crippen molar-refractivity contribution in [2.75, 3.05) is 22.9 Å². The van der Waals surface area contributed by atoms with Crippen LogP contribution in [0.1, 0.15) is 49.5 Å². The maximum atomic E-state index is 13.3. The predicted octanol–water partition coefficient (Wildman–Crippen LogP) is 4.30. The number of hydrogen-bond donors (Lipinski definition) is 1. The molecule has 4 heterocycles. The first-order valence-electron chi connectivity index (χ1n) is 12.3. The molecule has 2 aromatic heterocycles. The lowest BCUT2D eigenvalue weighted by Gasteiger charge is -2.36. The molecule has 36 heavy (non-hydrogen) atoms. The fourth-order valence-corrected chi connectivity index (χ4v) is 6.03. The summed E-state index contributed by atoms with van der Waals surface area (Å²) in [5.74, 6) is 0.716. The number of anilines is 3. The molecule has 1 fully saturated rings. The van der Waals surface area contributed by atoms with Crippen molar-refractivity contribution >= 4 is 33.3 Å². The highest BCUT2D eigenvalue weighted by molar-refractivity contribution is 7.90. The largest absolute Gasteiger partial charge is 0.351 e. The number of rotatable bonds is 5. The molecule has 0 saturated carbocycles. The molecule has 2 aliphatic heterocycles. The smallest absolute Gasteiger partial charge is 0.281 e. The number of benzene rings is 1. The number of nitrogens with one attached hydrogen (secondary N) is 1. The Morgan fingerprint density at radius 2 is 1.86 bits per heavy atom. The number of aryl methyl sites for hydroxylation is 1. The van der Waals surface area contributed by atoms with Gasteiger partial charge in [-0.1, -0.05) is 31.2 Å². The SMILES string of the molecule is CC1CCN(c2ncccc2C(=O)NS(=O)(=O)c2cccc(N3CCCc4ccccc43)n2)C1(C)C. The maximum Gasteiger partial charge on any atom is 0.281 e. The van der Waals surface area contributed by atoms with Gasteiger partial charge in [0.25, 0.3) is 15.9 Å². The summed E-state index contributed by atoms with van der Waals surface area (Å²) in [4.78, 5) is 26.3. The van der Waals surface area contributed by atoms with Crippen molar-refractivity contribution in [3.8, 4) is 0 Å². The van der Waals surface area contributed by atoms with Crippen LogP contribution in [0.2, 0.25) is 0 Å². The summed E-state index contributed by atoms with van der Waals surface area (Å²) in [6, 6.07) is 16.2. The van der Waals surface area contributed by atoms with Crippen molar-refractivity contribution in [1.82, 2.24) is 14.7 Å². The van der Waals surface area contributed by atoms with Crippen LogP contribution in [0.5, 0.6) is 0 Å². The first-order valence-corrected chi connectivity index (χ1v) is 13.8. The Hall–Kier alpha value is -3.46. The number of sulfonamides is 1. The van der Waals surface area contributed by atoms with E-state index in [-0.39, 0.29) is 16.1 Å². The third-order valence-corrected chi connectivity index (χ3v) is 8.80. The van der Waals surface area contributed by atoms with E-state index in [4.69, 9.17) is 0 Å². The van der Waals surface area contributed by atoms with Gasteiger partial charge in [0.1, 0.15) is 11.6 Å². The number of fused-ring (bicyclic) bond motifs is 1. The highest BCUT2D eigenvalue weighted by Gasteiger charge is 2.40. The number of aromatic nitrogens is 2. The van der Waals surface area contributed by atoms with Crippen molar-refractivity contribution in [3.63, 3.8) is 0 Å². The summed E-state index contributed by atoms with van der Waals surface area (Å²) in [6.07, 6.45) is 4.52. The molecule has 2 aliphatic rings. The standard InChI is InChI=1S/C27H31N5O3S/c1-19-15-18-32(27(19,2)3)25-21(11-7-16-28-25)26(33)30-36(34,35)24-14-6-13-23(29-24)31-17-8-10-20-9-4-5-12-22(20)31/h4-7,9,11-14,16,19H,8,10,15,17-18H2,1-3H3,(H,30,33). The highest BCUT2D eigenvalue weighted by atomic mass is 32.2. The van der Waals surface area contributed by atoms with Gasteiger partial charge in [-0.25, -0.2) is 14.7 Å². The monoisotopic (exact) mass is 505 g/mol. The third kappa shape index (κ3) is 4.32. The van der Waals surface area contributed by atoms with Gasteiger partial charge in [-0.05, 0) is 74.9 Å². The maximum absolute atomic E-state index is 13.3. The van der Waals surface area contributed by atoms with Gasteiger partial charge in [-0.3, -0.25) is 4.79 Å². The van der Waals surface area contributed by atoms with E-state index in [9.17, 15) is 13.2 Å². The van der Waals surface area contributed by atoms with Crippen LogP contribution in [0.15, 0.2) is 65.8 Å². The fraction of sp³-hybridized carbons (Fsp3) is 0.370. The summed E-state index contributed by atoms with van der Waals surface area (Å²) in [7, 11) is -4.21. The lowest BCUT2D eigenvalue weighted by atomic mass is 9.90. The zero-order valence-corrected chi connectivity index (χ0v) is 21.6. The molecule has 188 valence electrons. The van der Waals surface area contributed by atoms with Gasteiger partial charge >= 0.3 is 0 Å². The number of amides is 1. The average Bonchev–Trinajstić information content (AvgIpc) is 3.15. The van der Waals surface area contributed by atoms with Crippen molar-refractivity contribution in [1.29, 1.82) is 0 Å². The number of carbonyl (C=O) groups excluding carboxylic acids is 1. The van der Waals surface area contributed by atoms with Gasteiger partial charge < -0.3 is 9.80 Å². The van der Waals surface area contributed by atoms with Crippen LogP contribution in [-0.2, 0) is 16.4 Å². The third-order valence-electron chi connectivity index (χ3n) is 7.57. The minimum Gasteiger partial charge on any atom is -0.351 e. The Labute approximate surface area is 212 Å². The fourth-order valence-electron chi connectivity index (χ4n) is 5.10. The van der Waals surface area contributed by atoms with Crippen LogP contribution >= 0.6 is 0 Å². The molecule has 3 aromatic rings. The van der Waals surface area contributed by atoms with E-state index in [1.807, 2.05) is 23.1 Å². The first-order chi connectivity index (χ1) is 17.2. The van der Waals surface area contributed by atoms with Gasteiger partial charge in [-0.2, -0.15) is 8.42 Å². The Morgan fingerprint density at radius 1 is 1.06 bits per heavy atom. The molecule has 1 aromatic carbocycles. The molecule has 1 unspecified atom stereocenters. The minimum atomic E-state index is -4.21. The molecule has 1 atom stereocenters. The zero-order chi connectivity index (χ0) is 25.5. The second-order valence-electron chi connectivity index (χ2n) is 10.0. The molecule has 5 rings (SSSR count). The molecule has 1 saturated heterocycles. The second kappa shape index (κ2) is 9.20. The molecule has 9 heteroatoms. The van der Waals surface area contributed by atoms with Gasteiger partial charge in [-0.15, -0.1) is 0 Å². The van der Waals surface area contributed by atoms with Crippen molar-refractivity contribution in [2.45, 2.75) is 50.6 Å². The van der Waals surface area contributed by atoms with Crippen LogP contribution in [0.25, 0.3) is 0 Å². The molecule has 0 bridgehead atoms. The molecule has 1 amide bonds. The Kier molecular flexibility index (Phi) is 6.20. The Balaban J connectivity index is 1.42. The van der Waals surface area contributed by atoms with E-state index in [0.717, 1.165) is 38.0 Å². The van der Waals surface area contributed by atoms with Crippen LogP contribution in [0.4, 0.5) is 17.3 Å². The summed E-state index contributed by atoms with van der Waals surface area (Å²) >= 11 is 0. The van der Waals surface area contributed by atoms with E-state index >= 15 is 0 Å². The van der Waals surface area contributed by atoms with Gasteiger partial charge in [0, 0.05) is 30.5 Å². The lowest BCUT2D eigenvalue weighted by Crippen LogP contribution is -2.43. The number of pyridine rings is 2. The summed E-state index contributed by atoms with van der Waals surface area (Å²) in [6.45, 7) is 7.90. The van der Waals surface area contributed by atoms with Crippen molar-refractivity contribution in [2.24, 2.45) is 5.92 Å². The molecule has 0 spiro atoms. The summed E-state index contributed by atoms with van der Waals surface area (Å²) in [5.41, 5.74) is 2.25. The number of hydrogen-bond acceptors (Lipinski definition) is 7. The molecule has 8 nitrogen and oxygen atoms in total. The molecule has 0 aliphatic carbocycles. The normalized spacial score (nSPS) is 19.1. The Morgan fingerprint density at radius 3 is 2.64 bits per heavy atom. The van der Waals surface area contributed by atoms with E-state index in [1.165, 1.54) is 11.6 Å². The second-order valence-corrected chi connectivity index (χ2v) is 11.7.